The van der Waals surface area contributed by atoms with Crippen LogP contribution in [-0.4, -0.2) is 43.2 Å². The maximum atomic E-state index is 13.0. The molecule has 0 radical (unpaired) electrons. The molecule has 0 spiro atoms. The lowest BCUT2D eigenvalue weighted by Gasteiger charge is -2.36. The van der Waals surface area contributed by atoms with E-state index < -0.39 is 0 Å². The Kier molecular flexibility index (Phi) is 9.95. The molecule has 2 amide bonds. The average molecular weight is 420 g/mol. The third-order valence-corrected chi connectivity index (χ3v) is 5.31. The van der Waals surface area contributed by atoms with Gasteiger partial charge in [-0.3, -0.25) is 0 Å². The van der Waals surface area contributed by atoms with Crippen LogP contribution in [0.3, 0.4) is 0 Å². The number of hydrogen-bond donors (Lipinski definition) is 2. The van der Waals surface area contributed by atoms with Crippen LogP contribution >= 0.6 is 12.4 Å². The molecular formula is C23H31ClFN3O. The zero-order valence-corrected chi connectivity index (χ0v) is 17.6. The highest BCUT2D eigenvalue weighted by Crippen LogP contribution is 2.14. The summed E-state index contributed by atoms with van der Waals surface area (Å²) in [7, 11) is 0. The van der Waals surface area contributed by atoms with Crippen LogP contribution < -0.4 is 10.6 Å². The van der Waals surface area contributed by atoms with E-state index in [1.807, 2.05) is 35.2 Å². The van der Waals surface area contributed by atoms with Crippen LogP contribution in [-0.2, 0) is 12.8 Å². The van der Waals surface area contributed by atoms with Crippen LogP contribution in [0, 0.1) is 5.82 Å². The first-order valence-corrected chi connectivity index (χ1v) is 10.3. The van der Waals surface area contributed by atoms with Crippen LogP contribution in [0.4, 0.5) is 9.18 Å². The number of benzene rings is 2. The topological polar surface area (TPSA) is 44.4 Å². The van der Waals surface area contributed by atoms with E-state index in [4.69, 9.17) is 0 Å². The second kappa shape index (κ2) is 12.5. The van der Waals surface area contributed by atoms with E-state index in [1.165, 1.54) is 23.3 Å². The van der Waals surface area contributed by atoms with Gasteiger partial charge in [0.2, 0.25) is 0 Å². The molecule has 2 aromatic carbocycles. The lowest BCUT2D eigenvalue weighted by molar-refractivity contribution is 0.152. The summed E-state index contributed by atoms with van der Waals surface area (Å²) in [6, 6.07) is 17.2. The molecule has 0 saturated carbocycles. The first-order valence-electron chi connectivity index (χ1n) is 10.3. The number of hydrogen-bond acceptors (Lipinski definition) is 2. The molecule has 6 heteroatoms. The quantitative estimate of drug-likeness (QED) is 0.630. The van der Waals surface area contributed by atoms with E-state index >= 15 is 0 Å². The molecule has 1 aliphatic heterocycles. The first kappa shape index (κ1) is 23.2. The van der Waals surface area contributed by atoms with Gasteiger partial charge in [-0.05, 0) is 48.9 Å². The van der Waals surface area contributed by atoms with Gasteiger partial charge in [-0.2, -0.15) is 0 Å². The number of rotatable bonds is 8. The summed E-state index contributed by atoms with van der Waals surface area (Å²) in [5, 5.41) is 6.48. The SMILES string of the molecule is Cl.O=C(NCCc1ccccc1)N1CCNCC1CCCCc1ccc(F)cc1. The number of carbonyl (C=O) groups is 1. The molecule has 0 bridgehead atoms. The Morgan fingerprint density at radius 1 is 1.03 bits per heavy atom. The first-order chi connectivity index (χ1) is 13.7. The molecule has 2 aromatic rings. The molecule has 1 atom stereocenters. The standard InChI is InChI=1S/C23H30FN3O.ClH/c24-21-12-10-20(11-13-21)8-4-5-9-22-18-25-16-17-27(22)23(28)26-15-14-19-6-2-1-3-7-19;/h1-3,6-7,10-13,22,25H,4-5,8-9,14-18H2,(H,26,28);1H. The molecule has 1 aliphatic rings. The molecule has 1 fully saturated rings. The zero-order chi connectivity index (χ0) is 19.6. The Morgan fingerprint density at radius 2 is 1.76 bits per heavy atom. The van der Waals surface area contributed by atoms with Gasteiger partial charge < -0.3 is 15.5 Å². The van der Waals surface area contributed by atoms with Gasteiger partial charge >= 0.3 is 6.03 Å². The van der Waals surface area contributed by atoms with Crippen LogP contribution in [0.5, 0.6) is 0 Å². The molecule has 158 valence electrons. The Balaban J connectivity index is 0.00000300. The number of urea groups is 1. The van der Waals surface area contributed by atoms with Crippen molar-refractivity contribution in [3.8, 4) is 0 Å². The summed E-state index contributed by atoms with van der Waals surface area (Å²) < 4.78 is 13.0. The molecular weight excluding hydrogens is 389 g/mol. The summed E-state index contributed by atoms with van der Waals surface area (Å²) >= 11 is 0. The van der Waals surface area contributed by atoms with Gasteiger partial charge in [0.1, 0.15) is 5.82 Å². The monoisotopic (exact) mass is 419 g/mol. The van der Waals surface area contributed by atoms with Crippen molar-refractivity contribution in [2.75, 3.05) is 26.2 Å². The fourth-order valence-corrected chi connectivity index (χ4v) is 3.71. The van der Waals surface area contributed by atoms with Gasteiger partial charge in [0.25, 0.3) is 0 Å². The number of carbonyl (C=O) groups excluding carboxylic acids is 1. The van der Waals surface area contributed by atoms with E-state index in [2.05, 4.69) is 22.8 Å². The van der Waals surface area contributed by atoms with Crippen molar-refractivity contribution in [2.45, 2.75) is 38.1 Å². The third-order valence-electron chi connectivity index (χ3n) is 5.31. The van der Waals surface area contributed by atoms with Gasteiger partial charge in [-0.15, -0.1) is 12.4 Å². The van der Waals surface area contributed by atoms with Crippen LogP contribution in [0.15, 0.2) is 54.6 Å². The molecule has 4 nitrogen and oxygen atoms in total. The summed E-state index contributed by atoms with van der Waals surface area (Å²) in [5.74, 6) is -0.189. The molecule has 0 aliphatic carbocycles. The van der Waals surface area contributed by atoms with E-state index in [-0.39, 0.29) is 30.3 Å². The normalized spacial score (nSPS) is 16.2. The Bertz CT molecular complexity index is 727. The predicted octanol–water partition coefficient (Wildman–Crippen LogP) is 4.19. The highest BCUT2D eigenvalue weighted by Gasteiger charge is 2.25. The van der Waals surface area contributed by atoms with Crippen molar-refractivity contribution >= 4 is 18.4 Å². The lowest BCUT2D eigenvalue weighted by atomic mass is 10.0. The number of unbranched alkanes of at least 4 members (excludes halogenated alkanes) is 1. The summed E-state index contributed by atoms with van der Waals surface area (Å²) in [6.07, 6.45) is 4.88. The van der Waals surface area contributed by atoms with Gasteiger partial charge in [0.15, 0.2) is 0 Å². The Labute approximate surface area is 179 Å². The van der Waals surface area contributed by atoms with Crippen LogP contribution in [0.25, 0.3) is 0 Å². The number of aryl methyl sites for hydroxylation is 1. The predicted molar refractivity (Wildman–Crippen MR) is 118 cm³/mol. The molecule has 1 heterocycles. The largest absolute Gasteiger partial charge is 0.338 e. The van der Waals surface area contributed by atoms with Crippen LogP contribution in [0.1, 0.15) is 30.4 Å². The maximum Gasteiger partial charge on any atom is 0.317 e. The molecule has 3 rings (SSSR count). The van der Waals surface area contributed by atoms with E-state index in [9.17, 15) is 9.18 Å². The van der Waals surface area contributed by atoms with Crippen molar-refractivity contribution in [3.63, 3.8) is 0 Å². The summed E-state index contributed by atoms with van der Waals surface area (Å²) in [6.45, 7) is 3.10. The highest BCUT2D eigenvalue weighted by atomic mass is 35.5. The lowest BCUT2D eigenvalue weighted by Crippen LogP contribution is -2.56. The van der Waals surface area contributed by atoms with Crippen molar-refractivity contribution in [3.05, 3.63) is 71.5 Å². The summed E-state index contributed by atoms with van der Waals surface area (Å²) in [5.41, 5.74) is 2.40. The van der Waals surface area contributed by atoms with E-state index in [0.29, 0.717) is 6.54 Å². The van der Waals surface area contributed by atoms with E-state index in [0.717, 1.165) is 51.7 Å². The van der Waals surface area contributed by atoms with E-state index in [1.54, 1.807) is 0 Å². The number of nitrogens with zero attached hydrogens (tertiary/aromatic N) is 1. The minimum atomic E-state index is -0.189. The van der Waals surface area contributed by atoms with Gasteiger partial charge in [-0.1, -0.05) is 48.9 Å². The minimum absolute atomic E-state index is 0. The van der Waals surface area contributed by atoms with Gasteiger partial charge in [0.05, 0.1) is 0 Å². The fourth-order valence-electron chi connectivity index (χ4n) is 3.71. The third kappa shape index (κ3) is 7.67. The number of piperazine rings is 1. The van der Waals surface area contributed by atoms with Crippen molar-refractivity contribution in [1.82, 2.24) is 15.5 Å². The molecule has 29 heavy (non-hydrogen) atoms. The highest BCUT2D eigenvalue weighted by molar-refractivity contribution is 5.85. The second-order valence-electron chi connectivity index (χ2n) is 7.39. The van der Waals surface area contributed by atoms with Crippen LogP contribution in [0.2, 0.25) is 0 Å². The van der Waals surface area contributed by atoms with Gasteiger partial charge in [-0.25, -0.2) is 9.18 Å². The number of halogens is 2. The summed E-state index contributed by atoms with van der Waals surface area (Å²) in [4.78, 5) is 14.6. The molecule has 0 aromatic heterocycles. The molecule has 1 unspecified atom stereocenters. The minimum Gasteiger partial charge on any atom is -0.338 e. The average Bonchev–Trinajstić information content (AvgIpc) is 2.73. The van der Waals surface area contributed by atoms with Gasteiger partial charge in [0, 0.05) is 32.2 Å². The number of amides is 2. The Hall–Kier alpha value is -2.11. The smallest absolute Gasteiger partial charge is 0.317 e. The van der Waals surface area contributed by atoms with Crippen molar-refractivity contribution < 1.29 is 9.18 Å². The number of nitrogens with one attached hydrogen (secondary N) is 2. The molecule has 1 saturated heterocycles. The molecule has 2 N–H and O–H groups in total. The van der Waals surface area contributed by atoms with Crippen molar-refractivity contribution in [2.24, 2.45) is 0 Å². The second-order valence-corrected chi connectivity index (χ2v) is 7.39. The Morgan fingerprint density at radius 3 is 2.52 bits per heavy atom. The zero-order valence-electron chi connectivity index (χ0n) is 16.8. The fraction of sp³-hybridized carbons (Fsp3) is 0.435. The maximum absolute atomic E-state index is 13.0. The van der Waals surface area contributed by atoms with Crippen molar-refractivity contribution in [1.29, 1.82) is 0 Å².